The van der Waals surface area contributed by atoms with E-state index in [0.29, 0.717) is 12.8 Å². The molecule has 1 N–H and O–H groups in total. The summed E-state index contributed by atoms with van der Waals surface area (Å²) in [5, 5.41) is 9.23. The van der Waals surface area contributed by atoms with E-state index in [1.807, 2.05) is 6.08 Å². The molecule has 0 heterocycles. The summed E-state index contributed by atoms with van der Waals surface area (Å²) >= 11 is 0. The zero-order valence-corrected chi connectivity index (χ0v) is 19.4. The van der Waals surface area contributed by atoms with Gasteiger partial charge in [-0.25, -0.2) is 0 Å². The number of ether oxygens (including phenoxy) is 1. The molecule has 0 saturated heterocycles. The summed E-state index contributed by atoms with van der Waals surface area (Å²) in [5.74, 6) is -2.09. The molecule has 4 heteroatoms. The van der Waals surface area contributed by atoms with Crippen molar-refractivity contribution in [2.75, 3.05) is 6.61 Å². The summed E-state index contributed by atoms with van der Waals surface area (Å²) in [4.78, 5) is 22.8. The van der Waals surface area contributed by atoms with Gasteiger partial charge in [-0.05, 0) is 25.7 Å². The summed E-state index contributed by atoms with van der Waals surface area (Å²) in [6.45, 7) is 5.87. The van der Waals surface area contributed by atoms with Crippen LogP contribution in [0.15, 0.2) is 24.8 Å². The van der Waals surface area contributed by atoms with Crippen LogP contribution in [0.4, 0.5) is 0 Å². The summed E-state index contributed by atoms with van der Waals surface area (Å²) in [5.41, 5.74) is 0. The van der Waals surface area contributed by atoms with Gasteiger partial charge in [0.1, 0.15) is 6.61 Å². The van der Waals surface area contributed by atoms with Crippen LogP contribution in [0.5, 0.6) is 0 Å². The highest BCUT2D eigenvalue weighted by Crippen LogP contribution is 2.15. The Morgan fingerprint density at radius 2 is 1.33 bits per heavy atom. The predicted molar refractivity (Wildman–Crippen MR) is 126 cm³/mol. The van der Waals surface area contributed by atoms with Crippen molar-refractivity contribution in [2.24, 2.45) is 5.92 Å². The van der Waals surface area contributed by atoms with Crippen LogP contribution in [0, 0.1) is 5.92 Å². The van der Waals surface area contributed by atoms with E-state index in [0.717, 1.165) is 6.42 Å². The molecule has 0 fully saturated rings. The van der Waals surface area contributed by atoms with Crippen molar-refractivity contribution in [3.63, 3.8) is 0 Å². The van der Waals surface area contributed by atoms with Gasteiger partial charge in [0, 0.05) is 0 Å². The molecule has 0 radical (unpaired) electrons. The molecule has 0 aromatic heterocycles. The molecule has 0 spiro atoms. The Morgan fingerprint density at radius 3 is 1.83 bits per heavy atom. The van der Waals surface area contributed by atoms with E-state index >= 15 is 0 Å². The van der Waals surface area contributed by atoms with Gasteiger partial charge in [0.2, 0.25) is 0 Å². The first-order chi connectivity index (χ1) is 14.6. The maximum atomic E-state index is 11.5. The van der Waals surface area contributed by atoms with E-state index < -0.39 is 17.9 Å². The first-order valence-corrected chi connectivity index (χ1v) is 12.3. The largest absolute Gasteiger partial charge is 0.481 e. The van der Waals surface area contributed by atoms with Gasteiger partial charge >= 0.3 is 11.9 Å². The first kappa shape index (κ1) is 28.4. The molecule has 0 aromatic rings. The minimum Gasteiger partial charge on any atom is -0.481 e. The van der Waals surface area contributed by atoms with Crippen LogP contribution in [0.2, 0.25) is 0 Å². The summed E-state index contributed by atoms with van der Waals surface area (Å²) < 4.78 is 4.87. The molecule has 0 saturated carbocycles. The topological polar surface area (TPSA) is 63.6 Å². The number of carboxylic acids is 1. The average molecular weight is 423 g/mol. The highest BCUT2D eigenvalue weighted by atomic mass is 16.5. The number of carbonyl (C=O) groups excluding carboxylic acids is 1. The molecule has 0 aliphatic heterocycles. The molecule has 30 heavy (non-hydrogen) atoms. The van der Waals surface area contributed by atoms with Gasteiger partial charge in [-0.15, -0.1) is 0 Å². The van der Waals surface area contributed by atoms with Gasteiger partial charge in [0.25, 0.3) is 0 Å². The predicted octanol–water partition coefficient (Wildman–Crippen LogP) is 7.62. The van der Waals surface area contributed by atoms with Crippen LogP contribution < -0.4 is 0 Å². The van der Waals surface area contributed by atoms with Gasteiger partial charge in [-0.2, -0.15) is 0 Å². The lowest BCUT2D eigenvalue weighted by Gasteiger charge is -2.10. The quantitative estimate of drug-likeness (QED) is 0.111. The number of carbonyl (C=O) groups is 2. The third kappa shape index (κ3) is 19.7. The Bertz CT molecular complexity index is 456. The Hall–Kier alpha value is -1.58. The van der Waals surface area contributed by atoms with Crippen LogP contribution in [-0.2, 0) is 14.3 Å². The molecule has 0 amide bonds. The second kappa shape index (κ2) is 22.1. The van der Waals surface area contributed by atoms with Crippen molar-refractivity contribution in [3.8, 4) is 0 Å². The third-order valence-electron chi connectivity index (χ3n) is 5.45. The summed E-state index contributed by atoms with van der Waals surface area (Å²) in [7, 11) is 0. The molecule has 4 nitrogen and oxygen atoms in total. The van der Waals surface area contributed by atoms with Crippen molar-refractivity contribution in [1.29, 1.82) is 0 Å². The first-order valence-electron chi connectivity index (χ1n) is 12.3. The second-order valence-corrected chi connectivity index (χ2v) is 8.29. The zero-order chi connectivity index (χ0) is 22.3. The van der Waals surface area contributed by atoms with Crippen LogP contribution >= 0.6 is 0 Å². The average Bonchev–Trinajstić information content (AvgIpc) is 2.73. The van der Waals surface area contributed by atoms with Gasteiger partial charge in [0.05, 0.1) is 12.3 Å². The maximum absolute atomic E-state index is 11.5. The van der Waals surface area contributed by atoms with Crippen molar-refractivity contribution < 1.29 is 19.4 Å². The molecule has 0 aliphatic carbocycles. The number of hydrogen-bond donors (Lipinski definition) is 1. The normalized spacial score (nSPS) is 12.2. The van der Waals surface area contributed by atoms with Crippen LogP contribution in [0.25, 0.3) is 0 Å². The molecular weight excluding hydrogens is 376 g/mol. The molecular formula is C26H46O4. The van der Waals surface area contributed by atoms with E-state index in [4.69, 9.17) is 4.74 Å². The lowest BCUT2D eigenvalue weighted by molar-refractivity contribution is -0.151. The van der Waals surface area contributed by atoms with Crippen molar-refractivity contribution in [1.82, 2.24) is 0 Å². The number of unbranched alkanes of at least 4 members (excludes halogenated alkanes) is 13. The highest BCUT2D eigenvalue weighted by Gasteiger charge is 2.21. The third-order valence-corrected chi connectivity index (χ3v) is 5.45. The molecule has 0 aromatic carbocycles. The summed E-state index contributed by atoms with van der Waals surface area (Å²) in [6.07, 6.45) is 25.5. The van der Waals surface area contributed by atoms with Crippen molar-refractivity contribution in [2.45, 2.75) is 116 Å². The number of esters is 1. The van der Waals surface area contributed by atoms with E-state index in [1.165, 1.54) is 89.5 Å². The van der Waals surface area contributed by atoms with E-state index in [1.54, 1.807) is 0 Å². The van der Waals surface area contributed by atoms with Crippen LogP contribution in [0.3, 0.4) is 0 Å². The number of allylic oxidation sites excluding steroid dienone is 2. The van der Waals surface area contributed by atoms with Gasteiger partial charge in [-0.3, -0.25) is 9.59 Å². The van der Waals surface area contributed by atoms with Gasteiger partial charge in [-0.1, -0.05) is 109 Å². The zero-order valence-electron chi connectivity index (χ0n) is 19.4. The minimum atomic E-state index is -0.935. The molecule has 1 unspecified atom stereocenters. The Labute approximate surface area is 185 Å². The number of carboxylic acid groups (broad SMARTS) is 1. The molecule has 174 valence electrons. The maximum Gasteiger partial charge on any atom is 0.307 e. The van der Waals surface area contributed by atoms with Crippen molar-refractivity contribution >= 4 is 11.9 Å². The summed E-state index contributed by atoms with van der Waals surface area (Å²) in [6, 6.07) is 0. The van der Waals surface area contributed by atoms with Crippen LogP contribution in [0.1, 0.15) is 116 Å². The monoisotopic (exact) mass is 422 g/mol. The standard InChI is InChI=1S/C26H46O4/c1-3-5-6-7-8-9-10-11-12-13-14-15-16-17-18-19-20-21-24(26(28)29)23-25(27)30-22-4-2/h4,18-19,24H,2-3,5-17,20-23H2,1H3,(H,28,29)/b19-18+. The SMILES string of the molecule is C=CCOC(=O)CC(CC/C=C/CCCCCCCCCCCCCCC)C(=O)O. The molecule has 0 bridgehead atoms. The van der Waals surface area contributed by atoms with E-state index in [2.05, 4.69) is 19.6 Å². The number of rotatable bonds is 22. The van der Waals surface area contributed by atoms with E-state index in [9.17, 15) is 14.7 Å². The smallest absolute Gasteiger partial charge is 0.307 e. The Morgan fingerprint density at radius 1 is 0.833 bits per heavy atom. The second-order valence-electron chi connectivity index (χ2n) is 8.29. The fraction of sp³-hybridized carbons (Fsp3) is 0.769. The highest BCUT2D eigenvalue weighted by molar-refractivity contribution is 5.78. The van der Waals surface area contributed by atoms with E-state index in [-0.39, 0.29) is 13.0 Å². The molecule has 0 rings (SSSR count). The van der Waals surface area contributed by atoms with Gasteiger partial charge < -0.3 is 9.84 Å². The molecule has 0 aliphatic rings. The Balaban J connectivity index is 3.51. The van der Waals surface area contributed by atoms with Crippen LogP contribution in [-0.4, -0.2) is 23.7 Å². The Kier molecular flexibility index (Phi) is 20.9. The lowest BCUT2D eigenvalue weighted by Crippen LogP contribution is -2.19. The minimum absolute atomic E-state index is 0.0735. The lowest BCUT2D eigenvalue weighted by atomic mass is 9.99. The number of hydrogen-bond acceptors (Lipinski definition) is 3. The molecule has 1 atom stereocenters. The fourth-order valence-corrected chi connectivity index (χ4v) is 3.54. The number of aliphatic carboxylic acids is 1. The fourth-order valence-electron chi connectivity index (χ4n) is 3.54. The van der Waals surface area contributed by atoms with Crippen molar-refractivity contribution in [3.05, 3.63) is 24.8 Å². The van der Waals surface area contributed by atoms with Gasteiger partial charge in [0.15, 0.2) is 0 Å².